The predicted molar refractivity (Wildman–Crippen MR) is 93.2 cm³/mol. The summed E-state index contributed by atoms with van der Waals surface area (Å²) in [5.74, 6) is 0.893. The van der Waals surface area contributed by atoms with Gasteiger partial charge in [0.05, 0.1) is 6.54 Å². The molecule has 0 saturated heterocycles. The summed E-state index contributed by atoms with van der Waals surface area (Å²) in [6.07, 6.45) is 1.47. The summed E-state index contributed by atoms with van der Waals surface area (Å²) in [7, 11) is 0. The summed E-state index contributed by atoms with van der Waals surface area (Å²) in [6.45, 7) is 5.80. The second-order valence-corrected chi connectivity index (χ2v) is 6.26. The molecule has 2 N–H and O–H groups in total. The van der Waals surface area contributed by atoms with Crippen LogP contribution in [0.15, 0.2) is 24.3 Å². The molecular formula is C18H24N4O2. The highest BCUT2D eigenvalue weighted by atomic mass is 16.3. The summed E-state index contributed by atoms with van der Waals surface area (Å²) in [6, 6.07) is 8.15. The lowest BCUT2D eigenvalue weighted by Gasteiger charge is -2.26. The highest BCUT2D eigenvalue weighted by Crippen LogP contribution is 2.29. The zero-order valence-electron chi connectivity index (χ0n) is 14.2. The number of carbonyl (C=O) groups excluding carboxylic acids is 1. The van der Waals surface area contributed by atoms with Crippen LogP contribution in [0.1, 0.15) is 30.2 Å². The Kier molecular flexibility index (Phi) is 4.85. The molecule has 1 aliphatic rings. The lowest BCUT2D eigenvalue weighted by molar-refractivity contribution is -0.129. The van der Waals surface area contributed by atoms with Crippen molar-refractivity contribution in [2.24, 2.45) is 0 Å². The minimum atomic E-state index is 0.0882. The van der Waals surface area contributed by atoms with Gasteiger partial charge in [-0.15, -0.1) is 0 Å². The van der Waals surface area contributed by atoms with Gasteiger partial charge in [0.1, 0.15) is 0 Å². The summed E-state index contributed by atoms with van der Waals surface area (Å²) in [5.41, 5.74) is 4.41. The number of nitrogens with one attached hydrogen (secondary N) is 1. The lowest BCUT2D eigenvalue weighted by atomic mass is 10.1. The number of aromatic nitrogens is 2. The van der Waals surface area contributed by atoms with Gasteiger partial charge < -0.3 is 15.3 Å². The zero-order valence-corrected chi connectivity index (χ0v) is 14.2. The molecule has 6 nitrogen and oxygen atoms in total. The molecule has 3 rings (SSSR count). The van der Waals surface area contributed by atoms with Crippen molar-refractivity contribution in [1.82, 2.24) is 14.7 Å². The van der Waals surface area contributed by atoms with E-state index in [1.165, 1.54) is 5.56 Å². The van der Waals surface area contributed by atoms with Crippen LogP contribution in [0.4, 0.5) is 11.5 Å². The van der Waals surface area contributed by atoms with E-state index in [2.05, 4.69) is 24.4 Å². The maximum atomic E-state index is 11.7. The van der Waals surface area contributed by atoms with Crippen LogP contribution in [0.5, 0.6) is 0 Å². The van der Waals surface area contributed by atoms with Crippen molar-refractivity contribution in [3.8, 4) is 0 Å². The second kappa shape index (κ2) is 7.05. The van der Waals surface area contributed by atoms with Gasteiger partial charge in [0.15, 0.2) is 5.82 Å². The Labute approximate surface area is 142 Å². The molecule has 1 aromatic carbocycles. The molecule has 2 heterocycles. The number of fused-ring (bicyclic) bond motifs is 1. The van der Waals surface area contributed by atoms with Gasteiger partial charge in [-0.3, -0.25) is 9.48 Å². The first-order valence-electron chi connectivity index (χ1n) is 8.37. The third kappa shape index (κ3) is 3.43. The van der Waals surface area contributed by atoms with Crippen LogP contribution in [0, 0.1) is 6.92 Å². The molecule has 0 aliphatic carbocycles. The van der Waals surface area contributed by atoms with Crippen molar-refractivity contribution in [2.45, 2.75) is 39.8 Å². The first kappa shape index (κ1) is 16.5. The average molecular weight is 328 g/mol. The number of amides is 1. The average Bonchev–Trinajstić information content (AvgIpc) is 2.90. The van der Waals surface area contributed by atoms with Crippen LogP contribution < -0.4 is 5.32 Å². The van der Waals surface area contributed by atoms with E-state index < -0.39 is 0 Å². The van der Waals surface area contributed by atoms with Gasteiger partial charge in [0.25, 0.3) is 0 Å². The van der Waals surface area contributed by atoms with Crippen LogP contribution in [0.2, 0.25) is 0 Å². The van der Waals surface area contributed by atoms with Crippen LogP contribution in [0.25, 0.3) is 0 Å². The standard InChI is InChI=1S/C18H24N4O2/c1-13-5-3-6-15(11-13)19-18-16-12-21(14(2)24)9-7-17(16)22(20-18)8-4-10-23/h3,5-6,11,23H,4,7-10,12H2,1-2H3,(H,19,20). The second-order valence-electron chi connectivity index (χ2n) is 6.26. The summed E-state index contributed by atoms with van der Waals surface area (Å²) >= 11 is 0. The number of anilines is 2. The third-order valence-electron chi connectivity index (χ3n) is 4.39. The number of hydrogen-bond acceptors (Lipinski definition) is 4. The monoisotopic (exact) mass is 328 g/mol. The van der Waals surface area contributed by atoms with E-state index in [1.54, 1.807) is 6.92 Å². The molecule has 2 aromatic rings. The molecule has 1 aliphatic heterocycles. The number of hydrogen-bond donors (Lipinski definition) is 2. The maximum Gasteiger partial charge on any atom is 0.219 e. The first-order valence-corrected chi connectivity index (χ1v) is 8.37. The maximum absolute atomic E-state index is 11.7. The number of aliphatic hydroxyl groups is 1. The van der Waals surface area contributed by atoms with Gasteiger partial charge in [0, 0.05) is 50.0 Å². The Morgan fingerprint density at radius 1 is 1.42 bits per heavy atom. The molecule has 0 fully saturated rings. The lowest BCUT2D eigenvalue weighted by Crippen LogP contribution is -2.34. The quantitative estimate of drug-likeness (QED) is 0.883. The van der Waals surface area contributed by atoms with E-state index in [4.69, 9.17) is 10.2 Å². The molecular weight excluding hydrogens is 304 g/mol. The van der Waals surface area contributed by atoms with Crippen molar-refractivity contribution in [3.05, 3.63) is 41.1 Å². The Morgan fingerprint density at radius 3 is 2.96 bits per heavy atom. The SMILES string of the molecule is CC(=O)N1CCc2c(c(Nc3cccc(C)c3)nn2CCCO)C1. The molecule has 1 aromatic heterocycles. The molecule has 6 heteroatoms. The molecule has 0 unspecified atom stereocenters. The van der Waals surface area contributed by atoms with Gasteiger partial charge in [-0.2, -0.15) is 5.10 Å². The van der Waals surface area contributed by atoms with E-state index in [-0.39, 0.29) is 12.5 Å². The fourth-order valence-electron chi connectivity index (χ4n) is 3.12. The number of benzene rings is 1. The van der Waals surface area contributed by atoms with E-state index in [0.717, 1.165) is 35.7 Å². The largest absolute Gasteiger partial charge is 0.396 e. The van der Waals surface area contributed by atoms with Gasteiger partial charge >= 0.3 is 0 Å². The summed E-state index contributed by atoms with van der Waals surface area (Å²) < 4.78 is 1.97. The number of aliphatic hydroxyl groups excluding tert-OH is 1. The fourth-order valence-corrected chi connectivity index (χ4v) is 3.12. The number of nitrogens with zero attached hydrogens (tertiary/aromatic N) is 3. The Morgan fingerprint density at radius 2 is 2.25 bits per heavy atom. The molecule has 128 valence electrons. The molecule has 1 amide bonds. The Balaban J connectivity index is 1.92. The smallest absolute Gasteiger partial charge is 0.219 e. The van der Waals surface area contributed by atoms with Gasteiger partial charge in [0.2, 0.25) is 5.91 Å². The molecule has 0 saturated carbocycles. The fraction of sp³-hybridized carbons (Fsp3) is 0.444. The van der Waals surface area contributed by atoms with Crippen molar-refractivity contribution in [3.63, 3.8) is 0 Å². The highest BCUT2D eigenvalue weighted by molar-refractivity contribution is 5.74. The zero-order chi connectivity index (χ0) is 17.1. The van der Waals surface area contributed by atoms with Gasteiger partial charge in [-0.25, -0.2) is 0 Å². The normalized spacial score (nSPS) is 13.7. The molecule has 0 bridgehead atoms. The van der Waals surface area contributed by atoms with Gasteiger partial charge in [-0.05, 0) is 31.0 Å². The van der Waals surface area contributed by atoms with Crippen molar-refractivity contribution in [1.29, 1.82) is 0 Å². The van der Waals surface area contributed by atoms with Crippen LogP contribution in [0.3, 0.4) is 0 Å². The van der Waals surface area contributed by atoms with E-state index >= 15 is 0 Å². The van der Waals surface area contributed by atoms with Crippen molar-refractivity contribution in [2.75, 3.05) is 18.5 Å². The number of rotatable bonds is 5. The van der Waals surface area contributed by atoms with Crippen molar-refractivity contribution >= 4 is 17.4 Å². The predicted octanol–water partition coefficient (Wildman–Crippen LogP) is 2.22. The van der Waals surface area contributed by atoms with E-state index in [9.17, 15) is 4.79 Å². The van der Waals surface area contributed by atoms with Crippen LogP contribution in [-0.4, -0.2) is 38.8 Å². The minimum Gasteiger partial charge on any atom is -0.396 e. The number of aryl methyl sites for hydroxylation is 2. The minimum absolute atomic E-state index is 0.0882. The first-order chi connectivity index (χ1) is 11.6. The van der Waals surface area contributed by atoms with Crippen LogP contribution >= 0.6 is 0 Å². The van der Waals surface area contributed by atoms with Gasteiger partial charge in [-0.1, -0.05) is 12.1 Å². The molecule has 24 heavy (non-hydrogen) atoms. The Bertz CT molecular complexity index is 739. The highest BCUT2D eigenvalue weighted by Gasteiger charge is 2.26. The summed E-state index contributed by atoms with van der Waals surface area (Å²) in [5, 5.41) is 17.2. The number of carbonyl (C=O) groups is 1. The van der Waals surface area contributed by atoms with Crippen molar-refractivity contribution < 1.29 is 9.90 Å². The van der Waals surface area contributed by atoms with E-state index in [0.29, 0.717) is 19.5 Å². The Hall–Kier alpha value is -2.34. The third-order valence-corrected chi connectivity index (χ3v) is 4.39. The summed E-state index contributed by atoms with van der Waals surface area (Å²) in [4.78, 5) is 13.6. The topological polar surface area (TPSA) is 70.4 Å². The van der Waals surface area contributed by atoms with Crippen LogP contribution in [-0.2, 0) is 24.3 Å². The molecule has 0 spiro atoms. The van der Waals surface area contributed by atoms with E-state index in [1.807, 2.05) is 21.7 Å². The molecule has 0 atom stereocenters. The molecule has 0 radical (unpaired) electrons.